The summed E-state index contributed by atoms with van der Waals surface area (Å²) in [5.41, 5.74) is 0.530. The van der Waals surface area contributed by atoms with Crippen LogP contribution >= 0.6 is 0 Å². The number of hydrogen-bond donors (Lipinski definition) is 2. The van der Waals surface area contributed by atoms with Crippen molar-refractivity contribution >= 4 is 11.8 Å². The van der Waals surface area contributed by atoms with Crippen molar-refractivity contribution in [2.45, 2.75) is 25.3 Å². The Balaban J connectivity index is 1.81. The van der Waals surface area contributed by atoms with E-state index in [0.29, 0.717) is 24.3 Å². The molecule has 0 unspecified atom stereocenters. The summed E-state index contributed by atoms with van der Waals surface area (Å²) in [5.74, 6) is 0.0371. The molecule has 0 radical (unpaired) electrons. The predicted octanol–water partition coefficient (Wildman–Crippen LogP) is 0.722. The summed E-state index contributed by atoms with van der Waals surface area (Å²) in [5, 5.41) is 14.1. The quantitative estimate of drug-likeness (QED) is 0.853. The van der Waals surface area contributed by atoms with Crippen molar-refractivity contribution in [2.75, 3.05) is 13.2 Å². The number of hydrogen-bond acceptors (Lipinski definition) is 4. The third-order valence-corrected chi connectivity index (χ3v) is 3.22. The molecule has 2 amide bonds. The molecule has 1 aromatic rings. The second-order valence-electron chi connectivity index (χ2n) is 4.83. The number of carbonyl (C=O) groups excluding carboxylic acids is 2. The first-order chi connectivity index (χ1) is 10.2. The summed E-state index contributed by atoms with van der Waals surface area (Å²) in [6, 6.07) is 8.02. The third kappa shape index (κ3) is 4.49. The Hall–Kier alpha value is -2.55. The summed E-state index contributed by atoms with van der Waals surface area (Å²) < 4.78 is 5.32. The number of benzene rings is 1. The Morgan fingerprint density at radius 1 is 1.38 bits per heavy atom. The molecular weight excluding hydrogens is 270 g/mol. The molecule has 6 nitrogen and oxygen atoms in total. The molecule has 1 aliphatic rings. The van der Waals surface area contributed by atoms with Crippen molar-refractivity contribution in [3.63, 3.8) is 0 Å². The van der Waals surface area contributed by atoms with Crippen molar-refractivity contribution in [1.29, 1.82) is 5.26 Å². The SMILES string of the molecule is N#Cc1ccc(OCC(=O)N[C@H]2CCCCNC2=O)cc1. The highest BCUT2D eigenvalue weighted by molar-refractivity contribution is 5.88. The largest absolute Gasteiger partial charge is 0.484 e. The second kappa shape index (κ2) is 7.29. The van der Waals surface area contributed by atoms with Gasteiger partial charge in [-0.15, -0.1) is 0 Å². The summed E-state index contributed by atoms with van der Waals surface area (Å²) in [4.78, 5) is 23.5. The lowest BCUT2D eigenvalue weighted by Gasteiger charge is -2.15. The highest BCUT2D eigenvalue weighted by Gasteiger charge is 2.22. The minimum absolute atomic E-state index is 0.140. The lowest BCUT2D eigenvalue weighted by atomic mass is 10.1. The summed E-state index contributed by atoms with van der Waals surface area (Å²) in [7, 11) is 0. The molecule has 0 aliphatic carbocycles. The van der Waals surface area contributed by atoms with Gasteiger partial charge < -0.3 is 15.4 Å². The van der Waals surface area contributed by atoms with E-state index >= 15 is 0 Å². The molecule has 0 aromatic heterocycles. The molecule has 2 N–H and O–H groups in total. The van der Waals surface area contributed by atoms with Gasteiger partial charge in [0.1, 0.15) is 11.8 Å². The van der Waals surface area contributed by atoms with Gasteiger partial charge in [-0.25, -0.2) is 0 Å². The van der Waals surface area contributed by atoms with Crippen LogP contribution in [0, 0.1) is 11.3 Å². The van der Waals surface area contributed by atoms with Crippen LogP contribution in [0.4, 0.5) is 0 Å². The number of nitriles is 1. The predicted molar refractivity (Wildman–Crippen MR) is 75.4 cm³/mol. The van der Waals surface area contributed by atoms with Crippen molar-refractivity contribution in [1.82, 2.24) is 10.6 Å². The van der Waals surface area contributed by atoms with Crippen molar-refractivity contribution in [3.05, 3.63) is 29.8 Å². The fourth-order valence-electron chi connectivity index (χ4n) is 2.09. The van der Waals surface area contributed by atoms with Gasteiger partial charge in [0.2, 0.25) is 5.91 Å². The molecule has 6 heteroatoms. The molecule has 1 atom stereocenters. The first-order valence-electron chi connectivity index (χ1n) is 6.89. The highest BCUT2D eigenvalue weighted by atomic mass is 16.5. The Bertz CT molecular complexity index is 548. The van der Waals surface area contributed by atoms with E-state index in [0.717, 1.165) is 12.8 Å². The average molecular weight is 287 g/mol. The van der Waals surface area contributed by atoms with Gasteiger partial charge in [-0.3, -0.25) is 9.59 Å². The topological polar surface area (TPSA) is 91.2 Å². The van der Waals surface area contributed by atoms with Crippen LogP contribution in [0.5, 0.6) is 5.75 Å². The van der Waals surface area contributed by atoms with Gasteiger partial charge >= 0.3 is 0 Å². The summed E-state index contributed by atoms with van der Waals surface area (Å²) in [6.07, 6.45) is 2.48. The Morgan fingerprint density at radius 2 is 2.14 bits per heavy atom. The molecule has 0 spiro atoms. The van der Waals surface area contributed by atoms with Crippen LogP contribution in [-0.4, -0.2) is 31.0 Å². The van der Waals surface area contributed by atoms with Crippen molar-refractivity contribution in [3.8, 4) is 11.8 Å². The Morgan fingerprint density at radius 3 is 2.86 bits per heavy atom. The number of ether oxygens (including phenoxy) is 1. The standard InChI is InChI=1S/C15H17N3O3/c16-9-11-4-6-12(7-5-11)21-10-14(19)18-13-3-1-2-8-17-15(13)20/h4-7,13H,1-3,8,10H2,(H,17,20)(H,18,19)/t13-/m0/s1. The van der Waals surface area contributed by atoms with Gasteiger partial charge in [-0.1, -0.05) is 0 Å². The average Bonchev–Trinajstić information content (AvgIpc) is 2.71. The van der Waals surface area contributed by atoms with E-state index in [4.69, 9.17) is 10.00 Å². The number of carbonyl (C=O) groups is 2. The maximum absolute atomic E-state index is 11.8. The molecule has 1 aromatic carbocycles. The number of nitrogens with zero attached hydrogens (tertiary/aromatic N) is 1. The molecule has 1 fully saturated rings. The van der Waals surface area contributed by atoms with Gasteiger partial charge in [0.05, 0.1) is 11.6 Å². The minimum atomic E-state index is -0.482. The van der Waals surface area contributed by atoms with Gasteiger partial charge in [-0.2, -0.15) is 5.26 Å². The van der Waals surface area contributed by atoms with Crippen LogP contribution in [-0.2, 0) is 9.59 Å². The first kappa shape index (κ1) is 14.9. The molecular formula is C15H17N3O3. The van der Waals surface area contributed by atoms with E-state index in [1.54, 1.807) is 24.3 Å². The molecule has 1 heterocycles. The minimum Gasteiger partial charge on any atom is -0.484 e. The maximum Gasteiger partial charge on any atom is 0.258 e. The zero-order valence-electron chi connectivity index (χ0n) is 11.6. The Labute approximate surface area is 123 Å². The highest BCUT2D eigenvalue weighted by Crippen LogP contribution is 2.11. The fraction of sp³-hybridized carbons (Fsp3) is 0.400. The molecule has 21 heavy (non-hydrogen) atoms. The van der Waals surface area contributed by atoms with Crippen LogP contribution in [0.1, 0.15) is 24.8 Å². The van der Waals surface area contributed by atoms with Crippen LogP contribution in [0.15, 0.2) is 24.3 Å². The zero-order valence-corrected chi connectivity index (χ0v) is 11.6. The van der Waals surface area contributed by atoms with E-state index < -0.39 is 6.04 Å². The molecule has 1 saturated heterocycles. The zero-order chi connectivity index (χ0) is 15.1. The second-order valence-corrected chi connectivity index (χ2v) is 4.83. The van der Waals surface area contributed by atoms with Crippen molar-refractivity contribution < 1.29 is 14.3 Å². The first-order valence-corrected chi connectivity index (χ1v) is 6.89. The number of nitrogens with one attached hydrogen (secondary N) is 2. The molecule has 0 saturated carbocycles. The van der Waals surface area contributed by atoms with Crippen LogP contribution in [0.3, 0.4) is 0 Å². The molecule has 1 aliphatic heterocycles. The van der Waals surface area contributed by atoms with Crippen LogP contribution in [0.2, 0.25) is 0 Å². The van der Waals surface area contributed by atoms with Crippen LogP contribution in [0.25, 0.3) is 0 Å². The van der Waals surface area contributed by atoms with E-state index in [1.165, 1.54) is 0 Å². The van der Waals surface area contributed by atoms with Gasteiger partial charge in [0.15, 0.2) is 6.61 Å². The monoisotopic (exact) mass is 287 g/mol. The molecule has 0 bridgehead atoms. The third-order valence-electron chi connectivity index (χ3n) is 3.22. The Kier molecular flexibility index (Phi) is 5.16. The van der Waals surface area contributed by atoms with Gasteiger partial charge in [0, 0.05) is 6.54 Å². The smallest absolute Gasteiger partial charge is 0.258 e. The van der Waals surface area contributed by atoms with Crippen LogP contribution < -0.4 is 15.4 Å². The number of rotatable bonds is 4. The van der Waals surface area contributed by atoms with Crippen molar-refractivity contribution in [2.24, 2.45) is 0 Å². The lowest BCUT2D eigenvalue weighted by molar-refractivity contribution is -0.129. The van der Waals surface area contributed by atoms with E-state index in [9.17, 15) is 9.59 Å². The molecule has 2 rings (SSSR count). The summed E-state index contributed by atoms with van der Waals surface area (Å²) in [6.45, 7) is 0.503. The molecule has 110 valence electrons. The number of amides is 2. The summed E-state index contributed by atoms with van der Waals surface area (Å²) >= 11 is 0. The van der Waals surface area contributed by atoms with Gasteiger partial charge in [0.25, 0.3) is 5.91 Å². The normalized spacial score (nSPS) is 18.0. The van der Waals surface area contributed by atoms with E-state index in [2.05, 4.69) is 10.6 Å². The van der Waals surface area contributed by atoms with Gasteiger partial charge in [-0.05, 0) is 43.5 Å². The van der Waals surface area contributed by atoms with E-state index in [-0.39, 0.29) is 18.4 Å². The fourth-order valence-corrected chi connectivity index (χ4v) is 2.09. The maximum atomic E-state index is 11.8. The van der Waals surface area contributed by atoms with E-state index in [1.807, 2.05) is 6.07 Å². The lowest BCUT2D eigenvalue weighted by Crippen LogP contribution is -2.46.